The third kappa shape index (κ3) is 3.82. The quantitative estimate of drug-likeness (QED) is 0.654. The lowest BCUT2D eigenvalue weighted by Crippen LogP contribution is -2.26. The SMILES string of the molecule is C=C[C@H](C)[C@@H](OCc1ccccc1)C(C)C. The first-order valence-electron chi connectivity index (χ1n) is 5.93. The van der Waals surface area contributed by atoms with Gasteiger partial charge in [-0.2, -0.15) is 0 Å². The van der Waals surface area contributed by atoms with E-state index in [1.54, 1.807) is 0 Å². The Hall–Kier alpha value is -1.08. The van der Waals surface area contributed by atoms with Crippen LogP contribution in [0.15, 0.2) is 43.0 Å². The number of hydrogen-bond acceptors (Lipinski definition) is 1. The molecule has 16 heavy (non-hydrogen) atoms. The van der Waals surface area contributed by atoms with Crippen molar-refractivity contribution in [3.05, 3.63) is 48.6 Å². The Morgan fingerprint density at radius 2 is 1.81 bits per heavy atom. The second-order valence-corrected chi connectivity index (χ2v) is 4.60. The van der Waals surface area contributed by atoms with Gasteiger partial charge >= 0.3 is 0 Å². The molecule has 0 N–H and O–H groups in total. The van der Waals surface area contributed by atoms with Gasteiger partial charge in [-0.1, -0.05) is 57.2 Å². The smallest absolute Gasteiger partial charge is 0.0721 e. The molecule has 1 nitrogen and oxygen atoms in total. The summed E-state index contributed by atoms with van der Waals surface area (Å²) in [6, 6.07) is 10.3. The second-order valence-electron chi connectivity index (χ2n) is 4.60. The van der Waals surface area contributed by atoms with Crippen LogP contribution < -0.4 is 0 Å². The molecule has 0 heterocycles. The molecule has 0 spiro atoms. The Morgan fingerprint density at radius 3 is 2.31 bits per heavy atom. The van der Waals surface area contributed by atoms with E-state index in [0.717, 1.165) is 0 Å². The van der Waals surface area contributed by atoms with Gasteiger partial charge in [0.05, 0.1) is 12.7 Å². The van der Waals surface area contributed by atoms with Crippen LogP contribution in [0, 0.1) is 11.8 Å². The van der Waals surface area contributed by atoms with Crippen molar-refractivity contribution in [2.75, 3.05) is 0 Å². The van der Waals surface area contributed by atoms with Gasteiger partial charge in [0.1, 0.15) is 0 Å². The van der Waals surface area contributed by atoms with Crippen molar-refractivity contribution in [2.24, 2.45) is 11.8 Å². The van der Waals surface area contributed by atoms with Crippen LogP contribution in [0.5, 0.6) is 0 Å². The highest BCUT2D eigenvalue weighted by Gasteiger charge is 2.18. The van der Waals surface area contributed by atoms with E-state index in [4.69, 9.17) is 4.74 Å². The third-order valence-corrected chi connectivity index (χ3v) is 2.83. The zero-order chi connectivity index (χ0) is 12.0. The number of benzene rings is 1. The molecule has 1 aromatic carbocycles. The summed E-state index contributed by atoms with van der Waals surface area (Å²) in [6.45, 7) is 11.1. The summed E-state index contributed by atoms with van der Waals surface area (Å²) in [5.74, 6) is 0.903. The molecule has 0 radical (unpaired) electrons. The Bertz CT molecular complexity index is 302. The van der Waals surface area contributed by atoms with E-state index >= 15 is 0 Å². The maximum Gasteiger partial charge on any atom is 0.0721 e. The van der Waals surface area contributed by atoms with Crippen molar-refractivity contribution < 1.29 is 4.74 Å². The summed E-state index contributed by atoms with van der Waals surface area (Å²) >= 11 is 0. The van der Waals surface area contributed by atoms with E-state index in [2.05, 4.69) is 39.5 Å². The van der Waals surface area contributed by atoms with E-state index in [0.29, 0.717) is 18.4 Å². The summed E-state index contributed by atoms with van der Waals surface area (Å²) in [5.41, 5.74) is 1.23. The molecule has 1 rings (SSSR count). The van der Waals surface area contributed by atoms with Gasteiger partial charge in [-0.05, 0) is 11.5 Å². The van der Waals surface area contributed by atoms with Crippen LogP contribution in [0.2, 0.25) is 0 Å². The molecule has 0 aliphatic heterocycles. The number of hydrogen-bond donors (Lipinski definition) is 0. The van der Waals surface area contributed by atoms with Gasteiger partial charge in [0.25, 0.3) is 0 Å². The van der Waals surface area contributed by atoms with Crippen molar-refractivity contribution in [3.8, 4) is 0 Å². The zero-order valence-corrected chi connectivity index (χ0v) is 10.5. The minimum atomic E-state index is 0.248. The predicted molar refractivity (Wildman–Crippen MR) is 69.2 cm³/mol. The first-order chi connectivity index (χ1) is 7.65. The molecule has 1 heteroatoms. The van der Waals surface area contributed by atoms with Crippen LogP contribution in [-0.4, -0.2) is 6.10 Å². The molecule has 0 aliphatic carbocycles. The molecular formula is C15H22O. The van der Waals surface area contributed by atoms with Crippen molar-refractivity contribution in [3.63, 3.8) is 0 Å². The largest absolute Gasteiger partial charge is 0.373 e. The summed E-state index contributed by atoms with van der Waals surface area (Å²) < 4.78 is 5.97. The van der Waals surface area contributed by atoms with Gasteiger partial charge in [-0.3, -0.25) is 0 Å². The lowest BCUT2D eigenvalue weighted by atomic mass is 9.95. The molecule has 0 bridgehead atoms. The fourth-order valence-electron chi connectivity index (χ4n) is 1.85. The Morgan fingerprint density at radius 1 is 1.19 bits per heavy atom. The van der Waals surface area contributed by atoms with Crippen molar-refractivity contribution in [2.45, 2.75) is 33.5 Å². The summed E-state index contributed by atoms with van der Waals surface area (Å²) in [7, 11) is 0. The van der Waals surface area contributed by atoms with E-state index < -0.39 is 0 Å². The van der Waals surface area contributed by atoms with Crippen molar-refractivity contribution in [1.82, 2.24) is 0 Å². The highest BCUT2D eigenvalue weighted by molar-refractivity contribution is 5.13. The Kier molecular flexibility index (Phi) is 5.27. The minimum absolute atomic E-state index is 0.248. The van der Waals surface area contributed by atoms with Gasteiger partial charge < -0.3 is 4.74 Å². The molecule has 2 atom stereocenters. The maximum absolute atomic E-state index is 5.97. The van der Waals surface area contributed by atoms with Crippen LogP contribution in [0.3, 0.4) is 0 Å². The molecular weight excluding hydrogens is 196 g/mol. The molecule has 0 saturated heterocycles. The monoisotopic (exact) mass is 218 g/mol. The van der Waals surface area contributed by atoms with Crippen LogP contribution >= 0.6 is 0 Å². The molecule has 0 amide bonds. The van der Waals surface area contributed by atoms with E-state index in [-0.39, 0.29) is 6.10 Å². The van der Waals surface area contributed by atoms with Gasteiger partial charge in [0, 0.05) is 5.92 Å². The lowest BCUT2D eigenvalue weighted by molar-refractivity contribution is -0.0116. The molecule has 0 aromatic heterocycles. The van der Waals surface area contributed by atoms with Crippen LogP contribution in [0.4, 0.5) is 0 Å². The number of rotatable bonds is 6. The normalized spacial score (nSPS) is 14.8. The Balaban J connectivity index is 2.54. The highest BCUT2D eigenvalue weighted by Crippen LogP contribution is 2.19. The van der Waals surface area contributed by atoms with Gasteiger partial charge in [-0.25, -0.2) is 0 Å². The minimum Gasteiger partial charge on any atom is -0.373 e. The average Bonchev–Trinajstić information content (AvgIpc) is 2.30. The molecule has 1 aromatic rings. The van der Waals surface area contributed by atoms with Crippen LogP contribution in [0.25, 0.3) is 0 Å². The molecule has 0 fully saturated rings. The fourth-order valence-corrected chi connectivity index (χ4v) is 1.85. The summed E-state index contributed by atoms with van der Waals surface area (Å²) in [6.07, 6.45) is 2.22. The first-order valence-corrected chi connectivity index (χ1v) is 5.93. The second kappa shape index (κ2) is 6.49. The van der Waals surface area contributed by atoms with E-state index in [9.17, 15) is 0 Å². The molecule has 88 valence electrons. The summed E-state index contributed by atoms with van der Waals surface area (Å²) in [5, 5.41) is 0. The fraction of sp³-hybridized carbons (Fsp3) is 0.467. The zero-order valence-electron chi connectivity index (χ0n) is 10.5. The topological polar surface area (TPSA) is 9.23 Å². The molecule has 0 unspecified atom stereocenters. The Labute approximate surface area is 99.1 Å². The lowest BCUT2D eigenvalue weighted by Gasteiger charge is -2.25. The third-order valence-electron chi connectivity index (χ3n) is 2.83. The average molecular weight is 218 g/mol. The van der Waals surface area contributed by atoms with E-state index in [1.807, 2.05) is 24.3 Å². The molecule has 0 aliphatic rings. The predicted octanol–water partition coefficient (Wildman–Crippen LogP) is 4.05. The van der Waals surface area contributed by atoms with Gasteiger partial charge in [0.2, 0.25) is 0 Å². The first kappa shape index (κ1) is 13.0. The standard InChI is InChI=1S/C15H22O/c1-5-13(4)15(12(2)3)16-11-14-9-7-6-8-10-14/h5-10,12-13,15H,1,11H2,2-4H3/t13-,15-/m0/s1. The van der Waals surface area contributed by atoms with Crippen LogP contribution in [-0.2, 0) is 11.3 Å². The van der Waals surface area contributed by atoms with Gasteiger partial charge in [-0.15, -0.1) is 6.58 Å². The summed E-state index contributed by atoms with van der Waals surface area (Å²) in [4.78, 5) is 0. The molecule has 0 saturated carbocycles. The maximum atomic E-state index is 5.97. The van der Waals surface area contributed by atoms with Crippen LogP contribution in [0.1, 0.15) is 26.3 Å². The van der Waals surface area contributed by atoms with Crippen molar-refractivity contribution in [1.29, 1.82) is 0 Å². The van der Waals surface area contributed by atoms with E-state index in [1.165, 1.54) is 5.56 Å². The highest BCUT2D eigenvalue weighted by atomic mass is 16.5. The van der Waals surface area contributed by atoms with Gasteiger partial charge in [0.15, 0.2) is 0 Å². The number of ether oxygens (including phenoxy) is 1. The van der Waals surface area contributed by atoms with Crippen molar-refractivity contribution >= 4 is 0 Å².